The van der Waals surface area contributed by atoms with Gasteiger partial charge in [0.2, 0.25) is 0 Å². The van der Waals surface area contributed by atoms with Gasteiger partial charge < -0.3 is 5.32 Å². The summed E-state index contributed by atoms with van der Waals surface area (Å²) in [6.07, 6.45) is 3.13. The van der Waals surface area contributed by atoms with Crippen molar-refractivity contribution in [2.45, 2.75) is 26.3 Å². The third-order valence-electron chi connectivity index (χ3n) is 3.26. The average molecular weight is 296 g/mol. The Bertz CT molecular complexity index is 796. The lowest BCUT2D eigenvalue weighted by atomic mass is 10.1. The normalized spacial score (nSPS) is 11.0. The zero-order chi connectivity index (χ0) is 15.5. The van der Waals surface area contributed by atoms with Crippen LogP contribution in [0.1, 0.15) is 41.6 Å². The van der Waals surface area contributed by atoms with Crippen LogP contribution in [0.15, 0.2) is 36.8 Å². The zero-order valence-corrected chi connectivity index (χ0v) is 12.4. The first-order valence-corrected chi connectivity index (χ1v) is 7.04. The van der Waals surface area contributed by atoms with Crippen molar-refractivity contribution in [1.82, 2.24) is 29.9 Å². The molecule has 0 aliphatic carbocycles. The Morgan fingerprint density at radius 2 is 2.18 bits per heavy atom. The molecular weight excluding hydrogens is 280 g/mol. The van der Waals surface area contributed by atoms with E-state index in [9.17, 15) is 4.79 Å². The highest BCUT2D eigenvalue weighted by Gasteiger charge is 2.15. The van der Waals surface area contributed by atoms with E-state index in [0.717, 1.165) is 11.4 Å². The first-order valence-electron chi connectivity index (χ1n) is 7.04. The lowest BCUT2D eigenvalue weighted by Gasteiger charge is -2.10. The van der Waals surface area contributed by atoms with Gasteiger partial charge in [-0.3, -0.25) is 9.78 Å². The fraction of sp³-hybridized carbons (Fsp3) is 0.267. The SMILES string of the molecule is CC(C)c1cc(C(=O)NCc2ccccn2)nc2ncnn12. The van der Waals surface area contributed by atoms with Crippen LogP contribution >= 0.6 is 0 Å². The molecule has 7 heteroatoms. The van der Waals surface area contributed by atoms with E-state index in [1.165, 1.54) is 6.33 Å². The maximum absolute atomic E-state index is 12.3. The predicted molar refractivity (Wildman–Crippen MR) is 80.3 cm³/mol. The van der Waals surface area contributed by atoms with Gasteiger partial charge in [0.25, 0.3) is 11.7 Å². The van der Waals surface area contributed by atoms with E-state index in [4.69, 9.17) is 0 Å². The molecule has 0 aliphatic heterocycles. The Kier molecular flexibility index (Phi) is 3.78. The number of rotatable bonds is 4. The fourth-order valence-corrected chi connectivity index (χ4v) is 2.13. The number of hydrogen-bond donors (Lipinski definition) is 1. The van der Waals surface area contributed by atoms with E-state index in [2.05, 4.69) is 25.4 Å². The summed E-state index contributed by atoms with van der Waals surface area (Å²) in [4.78, 5) is 24.8. The molecule has 0 aliphatic rings. The number of fused-ring (bicyclic) bond motifs is 1. The minimum atomic E-state index is -0.252. The molecule has 0 atom stereocenters. The van der Waals surface area contributed by atoms with Crippen LogP contribution in [0.5, 0.6) is 0 Å². The molecule has 3 aromatic heterocycles. The third kappa shape index (κ3) is 2.78. The van der Waals surface area contributed by atoms with Crippen LogP contribution in [0, 0.1) is 0 Å². The van der Waals surface area contributed by atoms with Crippen molar-refractivity contribution in [2.75, 3.05) is 0 Å². The number of amides is 1. The largest absolute Gasteiger partial charge is 0.345 e. The maximum Gasteiger partial charge on any atom is 0.270 e. The summed E-state index contributed by atoms with van der Waals surface area (Å²) in [7, 11) is 0. The van der Waals surface area contributed by atoms with Crippen LogP contribution in [0.4, 0.5) is 0 Å². The van der Waals surface area contributed by atoms with Crippen molar-refractivity contribution in [3.05, 3.63) is 53.9 Å². The molecule has 1 N–H and O–H groups in total. The minimum Gasteiger partial charge on any atom is -0.345 e. The van der Waals surface area contributed by atoms with Gasteiger partial charge in [-0.05, 0) is 24.1 Å². The van der Waals surface area contributed by atoms with Gasteiger partial charge in [-0.15, -0.1) is 0 Å². The molecule has 3 rings (SSSR count). The smallest absolute Gasteiger partial charge is 0.270 e. The molecule has 0 saturated heterocycles. The fourth-order valence-electron chi connectivity index (χ4n) is 2.13. The zero-order valence-electron chi connectivity index (χ0n) is 12.4. The van der Waals surface area contributed by atoms with Crippen molar-refractivity contribution in [1.29, 1.82) is 0 Å². The third-order valence-corrected chi connectivity index (χ3v) is 3.26. The van der Waals surface area contributed by atoms with E-state index in [0.29, 0.717) is 18.0 Å². The van der Waals surface area contributed by atoms with E-state index >= 15 is 0 Å². The van der Waals surface area contributed by atoms with Gasteiger partial charge in [-0.1, -0.05) is 19.9 Å². The van der Waals surface area contributed by atoms with Crippen LogP contribution in [0.3, 0.4) is 0 Å². The van der Waals surface area contributed by atoms with Crippen molar-refractivity contribution in [2.24, 2.45) is 0 Å². The monoisotopic (exact) mass is 296 g/mol. The molecule has 3 aromatic rings. The summed E-state index contributed by atoms with van der Waals surface area (Å²) in [5.41, 5.74) is 2.02. The van der Waals surface area contributed by atoms with Crippen LogP contribution in [-0.2, 0) is 6.54 Å². The molecule has 0 aromatic carbocycles. The lowest BCUT2D eigenvalue weighted by molar-refractivity contribution is 0.0945. The first kappa shape index (κ1) is 14.1. The second-order valence-electron chi connectivity index (χ2n) is 5.20. The summed E-state index contributed by atoms with van der Waals surface area (Å²) >= 11 is 0. The molecule has 0 radical (unpaired) electrons. The average Bonchev–Trinajstić information content (AvgIpc) is 3.00. The number of hydrogen-bond acceptors (Lipinski definition) is 5. The summed E-state index contributed by atoms with van der Waals surface area (Å²) in [6.45, 7) is 4.42. The van der Waals surface area contributed by atoms with Crippen LogP contribution < -0.4 is 5.32 Å². The molecule has 3 heterocycles. The van der Waals surface area contributed by atoms with E-state index < -0.39 is 0 Å². The topological polar surface area (TPSA) is 85.1 Å². The highest BCUT2D eigenvalue weighted by molar-refractivity contribution is 5.92. The maximum atomic E-state index is 12.3. The van der Waals surface area contributed by atoms with Gasteiger partial charge in [0.1, 0.15) is 12.0 Å². The summed E-state index contributed by atoms with van der Waals surface area (Å²) < 4.78 is 1.65. The standard InChI is InChI=1S/C15H16N6O/c1-10(2)13-7-12(20-15-18-9-19-21(13)15)14(22)17-8-11-5-3-4-6-16-11/h3-7,9-10H,8H2,1-2H3,(H,17,22). The van der Waals surface area contributed by atoms with Crippen molar-refractivity contribution in [3.8, 4) is 0 Å². The van der Waals surface area contributed by atoms with Crippen LogP contribution in [0.25, 0.3) is 5.78 Å². The Balaban J connectivity index is 1.84. The van der Waals surface area contributed by atoms with Gasteiger partial charge in [0.05, 0.1) is 17.9 Å². The van der Waals surface area contributed by atoms with Gasteiger partial charge in [0.15, 0.2) is 0 Å². The second-order valence-corrected chi connectivity index (χ2v) is 5.20. The molecule has 0 spiro atoms. The molecule has 0 fully saturated rings. The van der Waals surface area contributed by atoms with Gasteiger partial charge in [0, 0.05) is 6.20 Å². The number of nitrogens with one attached hydrogen (secondary N) is 1. The second kappa shape index (κ2) is 5.88. The van der Waals surface area contributed by atoms with Crippen molar-refractivity contribution >= 4 is 11.7 Å². The lowest BCUT2D eigenvalue weighted by Crippen LogP contribution is -2.25. The number of carbonyl (C=O) groups excluding carboxylic acids is 1. The predicted octanol–water partition coefficient (Wildman–Crippen LogP) is 1.57. The summed E-state index contributed by atoms with van der Waals surface area (Å²) in [5.74, 6) is 0.377. The molecule has 0 bridgehead atoms. The molecular formula is C15H16N6O. The Morgan fingerprint density at radius 1 is 1.32 bits per heavy atom. The van der Waals surface area contributed by atoms with Crippen molar-refractivity contribution < 1.29 is 4.79 Å². The quantitative estimate of drug-likeness (QED) is 0.790. The van der Waals surface area contributed by atoms with E-state index in [1.807, 2.05) is 32.0 Å². The Morgan fingerprint density at radius 3 is 2.91 bits per heavy atom. The Hall–Kier alpha value is -2.83. The molecule has 0 saturated carbocycles. The van der Waals surface area contributed by atoms with Gasteiger partial charge in [-0.2, -0.15) is 10.1 Å². The Labute approximate surface area is 127 Å². The summed E-state index contributed by atoms with van der Waals surface area (Å²) in [5, 5.41) is 6.95. The van der Waals surface area contributed by atoms with Crippen LogP contribution in [-0.4, -0.2) is 30.5 Å². The first-order chi connectivity index (χ1) is 10.6. The van der Waals surface area contributed by atoms with Crippen LogP contribution in [0.2, 0.25) is 0 Å². The van der Waals surface area contributed by atoms with E-state index in [1.54, 1.807) is 16.8 Å². The number of nitrogens with zero attached hydrogens (tertiary/aromatic N) is 5. The number of aromatic nitrogens is 5. The van der Waals surface area contributed by atoms with Crippen molar-refractivity contribution in [3.63, 3.8) is 0 Å². The molecule has 112 valence electrons. The molecule has 1 amide bonds. The van der Waals surface area contributed by atoms with Gasteiger partial charge in [-0.25, -0.2) is 9.50 Å². The number of pyridine rings is 1. The van der Waals surface area contributed by atoms with Gasteiger partial charge >= 0.3 is 0 Å². The summed E-state index contributed by atoms with van der Waals surface area (Å²) in [6, 6.07) is 7.32. The minimum absolute atomic E-state index is 0.203. The molecule has 7 nitrogen and oxygen atoms in total. The highest BCUT2D eigenvalue weighted by Crippen LogP contribution is 2.15. The molecule has 22 heavy (non-hydrogen) atoms. The number of carbonyl (C=O) groups is 1. The highest BCUT2D eigenvalue weighted by atomic mass is 16.1. The van der Waals surface area contributed by atoms with E-state index in [-0.39, 0.29) is 11.8 Å². The molecule has 0 unspecified atom stereocenters.